The lowest BCUT2D eigenvalue weighted by atomic mass is 10.0. The molecule has 64 heavy (non-hydrogen) atoms. The van der Waals surface area contributed by atoms with Crippen molar-refractivity contribution in [2.45, 2.75) is 6.18 Å². The molecule has 0 N–H and O–H groups in total. The fourth-order valence-electron chi connectivity index (χ4n) is 10.5. The number of benzene rings is 9. The van der Waals surface area contributed by atoms with Crippen LogP contribution in [0.3, 0.4) is 0 Å². The summed E-state index contributed by atoms with van der Waals surface area (Å²) in [6.45, 7) is 0. The van der Waals surface area contributed by atoms with Gasteiger partial charge in [-0.3, -0.25) is 0 Å². The third-order valence-electron chi connectivity index (χ3n) is 13.0. The van der Waals surface area contributed by atoms with Crippen molar-refractivity contribution in [3.8, 4) is 28.8 Å². The van der Waals surface area contributed by atoms with Gasteiger partial charge < -0.3 is 18.3 Å². The zero-order valence-corrected chi connectivity index (χ0v) is 33.8. The van der Waals surface area contributed by atoms with Gasteiger partial charge in [0.05, 0.1) is 61.1 Å². The summed E-state index contributed by atoms with van der Waals surface area (Å²) >= 11 is 0. The highest BCUT2D eigenvalue weighted by atomic mass is 19.4. The van der Waals surface area contributed by atoms with Crippen LogP contribution in [-0.4, -0.2) is 18.3 Å². The molecule has 13 rings (SSSR count). The Morgan fingerprint density at radius 2 is 0.719 bits per heavy atom. The van der Waals surface area contributed by atoms with E-state index >= 15 is 13.2 Å². The van der Waals surface area contributed by atoms with E-state index in [0.717, 1.165) is 99.7 Å². The van der Waals surface area contributed by atoms with E-state index in [1.807, 2.05) is 118 Å². The lowest BCUT2D eigenvalue weighted by molar-refractivity contribution is -0.137. The molecule has 0 radical (unpaired) electrons. The molecule has 0 aliphatic heterocycles. The van der Waals surface area contributed by atoms with E-state index in [1.54, 1.807) is 0 Å². The fraction of sp³-hybridized carbons (Fsp3) is 0.0179. The number of alkyl halides is 3. The number of halogens is 3. The van der Waals surface area contributed by atoms with Crippen LogP contribution in [0.15, 0.2) is 194 Å². The Morgan fingerprint density at radius 1 is 0.359 bits per heavy atom. The van der Waals surface area contributed by atoms with E-state index in [4.69, 9.17) is 0 Å². The first kappa shape index (κ1) is 36.1. The first-order valence-electron chi connectivity index (χ1n) is 21.1. The Hall–Kier alpha value is -8.54. The molecule has 0 bridgehead atoms. The Bertz CT molecular complexity index is 3870. The second kappa shape index (κ2) is 13.2. The topological polar surface area (TPSA) is 43.5 Å². The van der Waals surface area contributed by atoms with E-state index in [-0.39, 0.29) is 16.9 Å². The van der Waals surface area contributed by atoms with Crippen molar-refractivity contribution >= 4 is 87.2 Å². The largest absolute Gasteiger partial charge is 0.416 e. The number of aromatic nitrogens is 4. The number of rotatable bonds is 4. The summed E-state index contributed by atoms with van der Waals surface area (Å²) in [5.41, 5.74) is 8.02. The van der Waals surface area contributed by atoms with Gasteiger partial charge in [0.15, 0.2) is 0 Å². The quantitative estimate of drug-likeness (QED) is 0.174. The van der Waals surface area contributed by atoms with Crippen LogP contribution in [0.1, 0.15) is 11.1 Å². The van der Waals surface area contributed by atoms with E-state index < -0.39 is 11.7 Å². The number of para-hydroxylation sites is 6. The van der Waals surface area contributed by atoms with Crippen LogP contribution in [0, 0.1) is 11.3 Å². The Labute approximate surface area is 362 Å². The Kier molecular flexibility index (Phi) is 7.47. The van der Waals surface area contributed by atoms with Gasteiger partial charge in [0, 0.05) is 54.5 Å². The monoisotopic (exact) mass is 831 g/mol. The minimum absolute atomic E-state index is 0.117. The first-order chi connectivity index (χ1) is 31.4. The minimum atomic E-state index is -4.76. The van der Waals surface area contributed by atoms with Crippen LogP contribution in [0.5, 0.6) is 0 Å². The molecule has 4 heterocycles. The molecule has 9 aromatic carbocycles. The first-order valence-corrected chi connectivity index (χ1v) is 21.1. The maximum atomic E-state index is 15.7. The summed E-state index contributed by atoms with van der Waals surface area (Å²) in [5.74, 6) is 0. The van der Waals surface area contributed by atoms with Crippen LogP contribution < -0.4 is 0 Å². The fourth-order valence-corrected chi connectivity index (χ4v) is 10.5. The SMILES string of the molecule is N#Cc1c(-n2c3ccccc3c3ccc4c(c5ccccc5n4-c4ccccc4)c32)cc(C(F)(F)F)cc1-n1c2ccccc2c2ccc3c(c4ccccc4n3-c3ccccc3)c21. The van der Waals surface area contributed by atoms with E-state index in [1.165, 1.54) is 0 Å². The van der Waals surface area contributed by atoms with E-state index in [0.29, 0.717) is 11.0 Å². The van der Waals surface area contributed by atoms with Crippen molar-refractivity contribution in [2.24, 2.45) is 0 Å². The highest BCUT2D eigenvalue weighted by Crippen LogP contribution is 2.47. The van der Waals surface area contributed by atoms with Crippen LogP contribution in [0.4, 0.5) is 13.2 Å². The van der Waals surface area contributed by atoms with Crippen molar-refractivity contribution in [2.75, 3.05) is 0 Å². The molecule has 302 valence electrons. The van der Waals surface area contributed by atoms with E-state index in [9.17, 15) is 5.26 Å². The molecule has 0 aliphatic carbocycles. The van der Waals surface area contributed by atoms with Gasteiger partial charge in [0.2, 0.25) is 0 Å². The minimum Gasteiger partial charge on any atom is -0.309 e. The van der Waals surface area contributed by atoms with Crippen molar-refractivity contribution < 1.29 is 13.2 Å². The molecule has 0 fully saturated rings. The van der Waals surface area contributed by atoms with Crippen LogP contribution in [0.2, 0.25) is 0 Å². The molecular formula is C56H32F3N5. The smallest absolute Gasteiger partial charge is 0.309 e. The van der Waals surface area contributed by atoms with Crippen molar-refractivity contribution in [1.82, 2.24) is 18.3 Å². The average Bonchev–Trinajstić information content (AvgIpc) is 4.06. The zero-order chi connectivity index (χ0) is 42.8. The molecule has 0 saturated heterocycles. The van der Waals surface area contributed by atoms with Gasteiger partial charge in [-0.25, -0.2) is 0 Å². The van der Waals surface area contributed by atoms with Gasteiger partial charge in [-0.2, -0.15) is 18.4 Å². The average molecular weight is 832 g/mol. The van der Waals surface area contributed by atoms with Gasteiger partial charge in [-0.05, 0) is 72.8 Å². The van der Waals surface area contributed by atoms with Crippen LogP contribution in [0.25, 0.3) is 110 Å². The molecule has 0 amide bonds. The summed E-state index contributed by atoms with van der Waals surface area (Å²) in [7, 11) is 0. The molecule has 13 aromatic rings. The third kappa shape index (κ3) is 4.89. The molecule has 0 unspecified atom stereocenters. The molecular weight excluding hydrogens is 800 g/mol. The molecule has 0 aliphatic rings. The van der Waals surface area contributed by atoms with Crippen molar-refractivity contribution in [3.05, 3.63) is 205 Å². The summed E-state index contributed by atoms with van der Waals surface area (Å²) in [4.78, 5) is 0. The van der Waals surface area contributed by atoms with E-state index in [2.05, 4.69) is 88.0 Å². The summed E-state index contributed by atoms with van der Waals surface area (Å²) < 4.78 is 55.4. The maximum Gasteiger partial charge on any atom is 0.416 e. The molecule has 0 spiro atoms. The summed E-state index contributed by atoms with van der Waals surface area (Å²) in [5, 5.41) is 18.7. The van der Waals surface area contributed by atoms with Gasteiger partial charge in [0.25, 0.3) is 0 Å². The standard InChI is InChI=1S/C56H32F3N5/c57-56(58,59)34-31-50(63-44-23-11-7-19-37(44)39-27-29-48-52(54(39)63)41-21-9-13-25-46(41)61(48)35-15-3-1-4-16-35)43(33-60)51(32-34)64-45-24-12-8-20-38(45)40-28-30-49-53(55(40)64)42-22-10-14-26-47(42)62(49)36-17-5-2-6-18-36/h1-32H. The highest BCUT2D eigenvalue weighted by molar-refractivity contribution is 6.28. The van der Waals surface area contributed by atoms with Gasteiger partial charge in [-0.15, -0.1) is 0 Å². The maximum absolute atomic E-state index is 15.7. The Balaban J connectivity index is 1.23. The molecule has 0 saturated carbocycles. The summed E-state index contributed by atoms with van der Waals surface area (Å²) in [6.07, 6.45) is -4.76. The second-order valence-electron chi connectivity index (χ2n) is 16.3. The number of hydrogen-bond acceptors (Lipinski definition) is 1. The lowest BCUT2D eigenvalue weighted by Gasteiger charge is -2.19. The molecule has 4 aromatic heterocycles. The number of nitrogens with zero attached hydrogens (tertiary/aromatic N) is 5. The van der Waals surface area contributed by atoms with Gasteiger partial charge in [-0.1, -0.05) is 121 Å². The predicted molar refractivity (Wildman–Crippen MR) is 254 cm³/mol. The summed E-state index contributed by atoms with van der Waals surface area (Å²) in [6, 6.07) is 65.1. The van der Waals surface area contributed by atoms with Gasteiger partial charge >= 0.3 is 6.18 Å². The zero-order valence-electron chi connectivity index (χ0n) is 33.8. The third-order valence-corrected chi connectivity index (χ3v) is 13.0. The van der Waals surface area contributed by atoms with Crippen molar-refractivity contribution in [1.29, 1.82) is 5.26 Å². The van der Waals surface area contributed by atoms with Crippen molar-refractivity contribution in [3.63, 3.8) is 0 Å². The number of nitriles is 1. The second-order valence-corrected chi connectivity index (χ2v) is 16.3. The molecule has 0 atom stereocenters. The molecule has 8 heteroatoms. The number of fused-ring (bicyclic) bond motifs is 14. The number of hydrogen-bond donors (Lipinski definition) is 0. The normalized spacial score (nSPS) is 12.3. The van der Waals surface area contributed by atoms with Gasteiger partial charge in [0.1, 0.15) is 11.6 Å². The lowest BCUT2D eigenvalue weighted by Crippen LogP contribution is -2.11. The predicted octanol–water partition coefficient (Wildman–Crippen LogP) is 15.0. The molecule has 5 nitrogen and oxygen atoms in total. The van der Waals surface area contributed by atoms with Crippen LogP contribution >= 0.6 is 0 Å². The van der Waals surface area contributed by atoms with Crippen LogP contribution in [-0.2, 0) is 6.18 Å². The highest BCUT2D eigenvalue weighted by Gasteiger charge is 2.35. The Morgan fingerprint density at radius 3 is 1.11 bits per heavy atom.